The van der Waals surface area contributed by atoms with E-state index >= 15 is 0 Å². The molecule has 1 unspecified atom stereocenters. The summed E-state index contributed by atoms with van der Waals surface area (Å²) in [5, 5.41) is 9.01. The fourth-order valence-electron chi connectivity index (χ4n) is 1.51. The molecular formula is C12H25NO3S. The number of aliphatic hydroxyl groups excluding tert-OH is 1. The summed E-state index contributed by atoms with van der Waals surface area (Å²) in [4.78, 5) is 4.39. The predicted molar refractivity (Wildman–Crippen MR) is 72.1 cm³/mol. The number of hydrogen-bond donors (Lipinski definition) is 1. The van der Waals surface area contributed by atoms with Crippen LogP contribution in [-0.2, 0) is 9.84 Å². The van der Waals surface area contributed by atoms with E-state index in [9.17, 15) is 8.42 Å². The van der Waals surface area contributed by atoms with E-state index in [2.05, 4.69) is 18.8 Å². The molecule has 0 aromatic carbocycles. The first-order valence-electron chi connectivity index (χ1n) is 6.15. The topological polar surface area (TPSA) is 66.7 Å². The largest absolute Gasteiger partial charge is 0.377 e. The Hall–Kier alpha value is -0.420. The molecule has 0 rings (SSSR count). The first-order valence-corrected chi connectivity index (χ1v) is 7.87. The van der Waals surface area contributed by atoms with Crippen LogP contribution in [0.3, 0.4) is 0 Å². The molecule has 0 bridgehead atoms. The van der Waals surface area contributed by atoms with Gasteiger partial charge in [-0.1, -0.05) is 13.8 Å². The Labute approximate surface area is 105 Å². The van der Waals surface area contributed by atoms with Crippen LogP contribution in [0.2, 0.25) is 0 Å². The summed E-state index contributed by atoms with van der Waals surface area (Å²) in [5.74, 6) is 0.651. The molecule has 0 saturated carbocycles. The highest BCUT2D eigenvalue weighted by atomic mass is 32.2. The summed E-state index contributed by atoms with van der Waals surface area (Å²) in [6.45, 7) is 8.27. The van der Waals surface area contributed by atoms with Crippen LogP contribution in [0.5, 0.6) is 0 Å². The summed E-state index contributed by atoms with van der Waals surface area (Å²) in [6.07, 6.45) is 2.30. The van der Waals surface area contributed by atoms with Gasteiger partial charge in [0.25, 0.3) is 0 Å². The Morgan fingerprint density at radius 3 is 2.29 bits per heavy atom. The first kappa shape index (κ1) is 16.6. The second kappa shape index (κ2) is 7.82. The normalized spacial score (nSPS) is 15.3. The van der Waals surface area contributed by atoms with Crippen LogP contribution in [0.4, 0.5) is 0 Å². The zero-order valence-electron chi connectivity index (χ0n) is 11.3. The highest BCUT2D eigenvalue weighted by Gasteiger charge is 2.16. The molecule has 1 atom stereocenters. The van der Waals surface area contributed by atoms with E-state index in [-0.39, 0.29) is 5.75 Å². The van der Waals surface area contributed by atoms with E-state index in [0.29, 0.717) is 18.9 Å². The highest BCUT2D eigenvalue weighted by Crippen LogP contribution is 2.04. The zero-order chi connectivity index (χ0) is 13.5. The number of hydrogen-bond acceptors (Lipinski definition) is 4. The lowest BCUT2D eigenvalue weighted by molar-refractivity contribution is 0.268. The molecule has 102 valence electrons. The van der Waals surface area contributed by atoms with Gasteiger partial charge in [-0.05, 0) is 39.0 Å². The summed E-state index contributed by atoms with van der Waals surface area (Å²) < 4.78 is 22.6. The van der Waals surface area contributed by atoms with E-state index in [1.165, 1.54) is 6.92 Å². The fraction of sp³-hybridized carbons (Fsp3) is 0.917. The Bertz CT molecular complexity index is 332. The molecule has 0 radical (unpaired) electrons. The molecule has 0 saturated heterocycles. The maximum Gasteiger partial charge on any atom is 0.176 e. The van der Waals surface area contributed by atoms with Crippen LogP contribution in [0.1, 0.15) is 47.0 Å². The van der Waals surface area contributed by atoms with E-state index < -0.39 is 15.3 Å². The van der Waals surface area contributed by atoms with Gasteiger partial charge in [-0.3, -0.25) is 4.99 Å². The van der Waals surface area contributed by atoms with Gasteiger partial charge in [0.1, 0.15) is 0 Å². The van der Waals surface area contributed by atoms with E-state index in [4.69, 9.17) is 5.11 Å². The van der Waals surface area contributed by atoms with Crippen molar-refractivity contribution in [3.63, 3.8) is 0 Å². The summed E-state index contributed by atoms with van der Waals surface area (Å²) in [5.41, 5.74) is -0.132. The lowest BCUT2D eigenvalue weighted by atomic mass is 10.1. The number of rotatable bonds is 8. The van der Waals surface area contributed by atoms with Crippen molar-refractivity contribution in [2.75, 3.05) is 12.3 Å². The molecule has 1 N–H and O–H groups in total. The zero-order valence-corrected chi connectivity index (χ0v) is 12.1. The van der Waals surface area contributed by atoms with Crippen molar-refractivity contribution in [1.29, 1.82) is 0 Å². The molecule has 0 aliphatic rings. The maximum absolute atomic E-state index is 11.3. The molecule has 0 aromatic rings. The third-order valence-electron chi connectivity index (χ3n) is 2.44. The van der Waals surface area contributed by atoms with E-state index in [1.807, 2.05) is 6.92 Å². The monoisotopic (exact) mass is 263 g/mol. The molecule has 0 spiro atoms. The van der Waals surface area contributed by atoms with Gasteiger partial charge in [-0.2, -0.15) is 0 Å². The average Bonchev–Trinajstić information content (AvgIpc) is 2.15. The molecule has 0 amide bonds. The number of nitrogens with zero attached hydrogens (tertiary/aromatic N) is 1. The van der Waals surface area contributed by atoms with Crippen molar-refractivity contribution in [2.24, 2.45) is 10.9 Å². The van der Waals surface area contributed by atoms with Gasteiger partial charge in [0, 0.05) is 12.3 Å². The van der Waals surface area contributed by atoms with Gasteiger partial charge in [-0.15, -0.1) is 0 Å². The number of aliphatic hydroxyl groups is 1. The van der Waals surface area contributed by atoms with Gasteiger partial charge >= 0.3 is 0 Å². The molecule has 0 fully saturated rings. The molecular weight excluding hydrogens is 238 g/mol. The predicted octanol–water partition coefficient (Wildman–Crippen LogP) is 2.03. The first-order chi connectivity index (χ1) is 7.75. The van der Waals surface area contributed by atoms with Crippen molar-refractivity contribution in [1.82, 2.24) is 0 Å². The van der Waals surface area contributed by atoms with Gasteiger partial charge in [0.05, 0.1) is 5.75 Å². The molecule has 5 heteroatoms. The standard InChI is InChI=1S/C12H25NO3S/c1-10(2)9-11(3)13-7-5-6-8-17(15,16)12(4)14/h10,12,14H,5-9H2,1-4H3. The van der Waals surface area contributed by atoms with E-state index in [1.54, 1.807) is 0 Å². The fourth-order valence-corrected chi connectivity index (χ4v) is 2.46. The molecule has 0 aromatic heterocycles. The smallest absolute Gasteiger partial charge is 0.176 e. The number of sulfone groups is 1. The third-order valence-corrected chi connectivity index (χ3v) is 4.34. The SMILES string of the molecule is CC(CC(C)C)=NCCCCS(=O)(=O)C(C)O. The summed E-state index contributed by atoms with van der Waals surface area (Å²) in [7, 11) is -3.31. The Balaban J connectivity index is 3.80. The minimum Gasteiger partial charge on any atom is -0.377 e. The number of aliphatic imine (C=N–C) groups is 1. The average molecular weight is 263 g/mol. The molecule has 4 nitrogen and oxygen atoms in total. The Morgan fingerprint density at radius 2 is 1.82 bits per heavy atom. The lowest BCUT2D eigenvalue weighted by Gasteiger charge is -2.06. The summed E-state index contributed by atoms with van der Waals surface area (Å²) >= 11 is 0. The number of unbranched alkanes of at least 4 members (excludes halogenated alkanes) is 1. The molecule has 17 heavy (non-hydrogen) atoms. The van der Waals surface area contributed by atoms with Crippen molar-refractivity contribution in [2.45, 2.75) is 52.4 Å². The van der Waals surface area contributed by atoms with Crippen molar-refractivity contribution < 1.29 is 13.5 Å². The van der Waals surface area contributed by atoms with Crippen LogP contribution >= 0.6 is 0 Å². The van der Waals surface area contributed by atoms with Crippen molar-refractivity contribution >= 4 is 15.5 Å². The maximum atomic E-state index is 11.3. The van der Waals surface area contributed by atoms with Gasteiger partial charge in [0.15, 0.2) is 15.3 Å². The minimum absolute atomic E-state index is 0.0451. The molecule has 0 aliphatic heterocycles. The van der Waals surface area contributed by atoms with Gasteiger partial charge in [0.2, 0.25) is 0 Å². The second-order valence-corrected chi connectivity index (χ2v) is 7.30. The highest BCUT2D eigenvalue weighted by molar-refractivity contribution is 7.91. The van der Waals surface area contributed by atoms with Crippen molar-refractivity contribution in [3.8, 4) is 0 Å². The minimum atomic E-state index is -3.31. The molecule has 0 heterocycles. The van der Waals surface area contributed by atoms with Crippen LogP contribution in [0.25, 0.3) is 0 Å². The molecule has 0 aliphatic carbocycles. The quantitative estimate of drug-likeness (QED) is 0.538. The third kappa shape index (κ3) is 8.32. The Morgan fingerprint density at radius 1 is 1.24 bits per heavy atom. The van der Waals surface area contributed by atoms with Gasteiger partial charge < -0.3 is 5.11 Å². The van der Waals surface area contributed by atoms with Crippen LogP contribution in [0.15, 0.2) is 4.99 Å². The lowest BCUT2D eigenvalue weighted by Crippen LogP contribution is -2.20. The van der Waals surface area contributed by atoms with Crippen LogP contribution < -0.4 is 0 Å². The van der Waals surface area contributed by atoms with E-state index in [0.717, 1.165) is 18.6 Å². The Kier molecular flexibility index (Phi) is 7.63. The second-order valence-electron chi connectivity index (χ2n) is 4.89. The van der Waals surface area contributed by atoms with Crippen LogP contribution in [-0.4, -0.2) is 37.0 Å². The summed E-state index contributed by atoms with van der Waals surface area (Å²) in [6, 6.07) is 0. The van der Waals surface area contributed by atoms with Gasteiger partial charge in [-0.25, -0.2) is 8.42 Å². The van der Waals surface area contributed by atoms with Crippen LogP contribution in [0, 0.1) is 5.92 Å². The van der Waals surface area contributed by atoms with Crippen molar-refractivity contribution in [3.05, 3.63) is 0 Å².